The van der Waals surface area contributed by atoms with Gasteiger partial charge in [-0.1, -0.05) is 13.0 Å². The van der Waals surface area contributed by atoms with Gasteiger partial charge in [0.1, 0.15) is 0 Å². The van der Waals surface area contributed by atoms with E-state index in [1.54, 1.807) is 0 Å². The lowest BCUT2D eigenvalue weighted by Gasteiger charge is -2.17. The summed E-state index contributed by atoms with van der Waals surface area (Å²) in [7, 11) is 0. The fraction of sp³-hybridized carbons (Fsp3) is 0.571. The highest BCUT2D eigenvalue weighted by Gasteiger charge is 2.13. The van der Waals surface area contributed by atoms with Crippen LogP contribution in [0.4, 0.5) is 0 Å². The largest absolute Gasteiger partial charge is 0.352 e. The molecule has 4 nitrogen and oxygen atoms in total. The summed E-state index contributed by atoms with van der Waals surface area (Å²) in [5.74, 6) is 0.0458. The van der Waals surface area contributed by atoms with Crippen LogP contribution in [0, 0.1) is 6.92 Å². The van der Waals surface area contributed by atoms with E-state index in [9.17, 15) is 4.79 Å². The summed E-state index contributed by atoms with van der Waals surface area (Å²) in [6, 6.07) is 4.03. The Hall–Kier alpha value is -1.42. The molecule has 4 heteroatoms. The van der Waals surface area contributed by atoms with Crippen LogP contribution in [-0.2, 0) is 11.3 Å². The first kappa shape index (κ1) is 14.6. The average Bonchev–Trinajstić information content (AvgIpc) is 2.37. The SMILES string of the molecule is CCC(C)NC(=O)C(C)NCc1ccc(C)nc1. The zero-order chi connectivity index (χ0) is 13.5. The Kier molecular flexibility index (Phi) is 5.78. The third-order valence-corrected chi connectivity index (χ3v) is 2.98. The van der Waals surface area contributed by atoms with Gasteiger partial charge in [0.2, 0.25) is 5.91 Å². The lowest BCUT2D eigenvalue weighted by Crippen LogP contribution is -2.45. The molecule has 1 aromatic heterocycles. The molecule has 1 heterocycles. The minimum absolute atomic E-state index is 0.0458. The molecule has 0 saturated carbocycles. The summed E-state index contributed by atoms with van der Waals surface area (Å²) < 4.78 is 0. The summed E-state index contributed by atoms with van der Waals surface area (Å²) in [6.07, 6.45) is 2.78. The highest BCUT2D eigenvalue weighted by atomic mass is 16.2. The Morgan fingerprint density at radius 1 is 1.39 bits per heavy atom. The molecule has 1 rings (SSSR count). The molecular formula is C14H23N3O. The number of hydrogen-bond donors (Lipinski definition) is 2. The van der Waals surface area contributed by atoms with Gasteiger partial charge in [0, 0.05) is 24.5 Å². The van der Waals surface area contributed by atoms with Gasteiger partial charge in [-0.2, -0.15) is 0 Å². The summed E-state index contributed by atoms with van der Waals surface area (Å²) >= 11 is 0. The molecule has 2 N–H and O–H groups in total. The maximum atomic E-state index is 11.8. The van der Waals surface area contributed by atoms with Crippen molar-refractivity contribution in [3.63, 3.8) is 0 Å². The van der Waals surface area contributed by atoms with Gasteiger partial charge in [0.05, 0.1) is 6.04 Å². The van der Waals surface area contributed by atoms with Gasteiger partial charge in [-0.25, -0.2) is 0 Å². The van der Waals surface area contributed by atoms with Crippen LogP contribution in [0.2, 0.25) is 0 Å². The highest BCUT2D eigenvalue weighted by Crippen LogP contribution is 1.99. The van der Waals surface area contributed by atoms with Crippen LogP contribution >= 0.6 is 0 Å². The number of aryl methyl sites for hydroxylation is 1. The standard InChI is InChI=1S/C14H23N3O/c1-5-10(2)17-14(18)12(4)16-9-13-7-6-11(3)15-8-13/h6-8,10,12,16H,5,9H2,1-4H3,(H,17,18). The fourth-order valence-corrected chi connectivity index (χ4v) is 1.44. The van der Waals surface area contributed by atoms with Crippen molar-refractivity contribution in [2.75, 3.05) is 0 Å². The third-order valence-electron chi connectivity index (χ3n) is 2.98. The Morgan fingerprint density at radius 3 is 2.67 bits per heavy atom. The number of amides is 1. The lowest BCUT2D eigenvalue weighted by molar-refractivity contribution is -0.123. The monoisotopic (exact) mass is 249 g/mol. The maximum absolute atomic E-state index is 11.8. The second kappa shape index (κ2) is 7.11. The molecule has 1 aromatic rings. The van der Waals surface area contributed by atoms with Gasteiger partial charge in [-0.05, 0) is 38.8 Å². The van der Waals surface area contributed by atoms with E-state index in [1.807, 2.05) is 39.1 Å². The Balaban J connectivity index is 2.38. The maximum Gasteiger partial charge on any atom is 0.237 e. The van der Waals surface area contributed by atoms with Crippen molar-refractivity contribution in [3.8, 4) is 0 Å². The van der Waals surface area contributed by atoms with E-state index in [0.717, 1.165) is 17.7 Å². The molecule has 0 aromatic carbocycles. The van der Waals surface area contributed by atoms with E-state index >= 15 is 0 Å². The minimum Gasteiger partial charge on any atom is -0.352 e. The average molecular weight is 249 g/mol. The minimum atomic E-state index is -0.194. The van der Waals surface area contributed by atoms with E-state index in [4.69, 9.17) is 0 Å². The van der Waals surface area contributed by atoms with Crippen LogP contribution in [0.5, 0.6) is 0 Å². The van der Waals surface area contributed by atoms with Crippen LogP contribution < -0.4 is 10.6 Å². The van der Waals surface area contributed by atoms with Crippen molar-refractivity contribution in [1.29, 1.82) is 0 Å². The number of hydrogen-bond acceptors (Lipinski definition) is 3. The van der Waals surface area contributed by atoms with E-state index in [-0.39, 0.29) is 18.0 Å². The first-order valence-electron chi connectivity index (χ1n) is 6.48. The molecule has 0 aliphatic heterocycles. The van der Waals surface area contributed by atoms with Crippen molar-refractivity contribution in [1.82, 2.24) is 15.6 Å². The van der Waals surface area contributed by atoms with Crippen LogP contribution in [0.25, 0.3) is 0 Å². The van der Waals surface area contributed by atoms with Gasteiger partial charge in [-0.15, -0.1) is 0 Å². The van der Waals surface area contributed by atoms with E-state index in [2.05, 4.69) is 22.5 Å². The fourth-order valence-electron chi connectivity index (χ4n) is 1.44. The number of aromatic nitrogens is 1. The molecule has 0 spiro atoms. The van der Waals surface area contributed by atoms with Crippen LogP contribution in [-0.4, -0.2) is 23.0 Å². The number of rotatable bonds is 6. The molecule has 0 radical (unpaired) electrons. The van der Waals surface area contributed by atoms with Gasteiger partial charge >= 0.3 is 0 Å². The summed E-state index contributed by atoms with van der Waals surface area (Å²) in [5.41, 5.74) is 2.09. The molecule has 1 amide bonds. The first-order chi connectivity index (χ1) is 8.52. The summed E-state index contributed by atoms with van der Waals surface area (Å²) in [5, 5.41) is 6.15. The molecule has 2 atom stereocenters. The smallest absolute Gasteiger partial charge is 0.237 e. The van der Waals surface area contributed by atoms with Gasteiger partial charge in [0.15, 0.2) is 0 Å². The van der Waals surface area contributed by atoms with Crippen molar-refractivity contribution in [2.45, 2.75) is 52.7 Å². The van der Waals surface area contributed by atoms with Gasteiger partial charge in [-0.3, -0.25) is 9.78 Å². The van der Waals surface area contributed by atoms with Crippen molar-refractivity contribution >= 4 is 5.91 Å². The van der Waals surface area contributed by atoms with E-state index < -0.39 is 0 Å². The summed E-state index contributed by atoms with van der Waals surface area (Å²) in [6.45, 7) is 8.55. The van der Waals surface area contributed by atoms with Crippen LogP contribution in [0.1, 0.15) is 38.4 Å². The predicted octanol–water partition coefficient (Wildman–Crippen LogP) is 1.78. The lowest BCUT2D eigenvalue weighted by atomic mass is 10.2. The van der Waals surface area contributed by atoms with E-state index in [1.165, 1.54) is 0 Å². The third kappa shape index (κ3) is 4.84. The van der Waals surface area contributed by atoms with Gasteiger partial charge in [0.25, 0.3) is 0 Å². The number of nitrogens with zero attached hydrogens (tertiary/aromatic N) is 1. The summed E-state index contributed by atoms with van der Waals surface area (Å²) in [4.78, 5) is 16.0. The van der Waals surface area contributed by atoms with Crippen LogP contribution in [0.15, 0.2) is 18.3 Å². The van der Waals surface area contributed by atoms with Gasteiger partial charge < -0.3 is 10.6 Å². The normalized spacial score (nSPS) is 14.0. The Labute approximate surface area is 109 Å². The van der Waals surface area contributed by atoms with Crippen molar-refractivity contribution in [3.05, 3.63) is 29.6 Å². The molecule has 18 heavy (non-hydrogen) atoms. The van der Waals surface area contributed by atoms with Crippen molar-refractivity contribution < 1.29 is 4.79 Å². The molecule has 100 valence electrons. The molecule has 2 unspecified atom stereocenters. The predicted molar refractivity (Wildman–Crippen MR) is 73.2 cm³/mol. The Bertz CT molecular complexity index is 375. The highest BCUT2D eigenvalue weighted by molar-refractivity contribution is 5.81. The number of nitrogens with one attached hydrogen (secondary N) is 2. The number of pyridine rings is 1. The molecule has 0 bridgehead atoms. The zero-order valence-electron chi connectivity index (χ0n) is 11.7. The molecule has 0 fully saturated rings. The molecule has 0 aliphatic carbocycles. The quantitative estimate of drug-likeness (QED) is 0.808. The van der Waals surface area contributed by atoms with Crippen LogP contribution in [0.3, 0.4) is 0 Å². The number of carbonyl (C=O) groups is 1. The first-order valence-corrected chi connectivity index (χ1v) is 6.48. The Morgan fingerprint density at radius 2 is 2.11 bits per heavy atom. The second-order valence-electron chi connectivity index (χ2n) is 4.73. The number of carbonyl (C=O) groups excluding carboxylic acids is 1. The topological polar surface area (TPSA) is 54.0 Å². The van der Waals surface area contributed by atoms with Crippen molar-refractivity contribution in [2.24, 2.45) is 0 Å². The molecule has 0 aliphatic rings. The molecule has 0 saturated heterocycles. The zero-order valence-corrected chi connectivity index (χ0v) is 11.7. The molecular weight excluding hydrogens is 226 g/mol. The van der Waals surface area contributed by atoms with E-state index in [0.29, 0.717) is 6.54 Å². The second-order valence-corrected chi connectivity index (χ2v) is 4.73.